The number of methoxy groups -OCH3 is 1. The molecule has 0 aliphatic heterocycles. The van der Waals surface area contributed by atoms with Crippen molar-refractivity contribution in [3.8, 4) is 5.95 Å². The van der Waals surface area contributed by atoms with E-state index < -0.39 is 0 Å². The molecule has 0 unspecified atom stereocenters. The van der Waals surface area contributed by atoms with E-state index in [9.17, 15) is 0 Å². The van der Waals surface area contributed by atoms with Crippen LogP contribution < -0.4 is 4.74 Å². The van der Waals surface area contributed by atoms with E-state index in [-0.39, 0.29) is 0 Å². The molecular formula is C13H16O2. The Labute approximate surface area is 90.2 Å². The molecule has 1 aliphatic carbocycles. The van der Waals surface area contributed by atoms with Crippen molar-refractivity contribution in [2.75, 3.05) is 7.11 Å². The lowest BCUT2D eigenvalue weighted by Gasteiger charge is -2.15. The second-order valence-electron chi connectivity index (χ2n) is 3.74. The van der Waals surface area contributed by atoms with Crippen molar-refractivity contribution in [3.63, 3.8) is 0 Å². The van der Waals surface area contributed by atoms with Gasteiger partial charge in [-0.05, 0) is 42.9 Å². The van der Waals surface area contributed by atoms with Crippen LogP contribution in [0.25, 0.3) is 5.57 Å². The average molecular weight is 204 g/mol. The lowest BCUT2D eigenvalue weighted by Crippen LogP contribution is -1.96. The van der Waals surface area contributed by atoms with Gasteiger partial charge in [-0.3, -0.25) is 0 Å². The van der Waals surface area contributed by atoms with Crippen LogP contribution in [-0.2, 0) is 0 Å². The first-order valence-corrected chi connectivity index (χ1v) is 5.34. The largest absolute Gasteiger partial charge is 0.468 e. The van der Waals surface area contributed by atoms with Crippen LogP contribution in [0.4, 0.5) is 0 Å². The van der Waals surface area contributed by atoms with E-state index in [4.69, 9.17) is 9.15 Å². The van der Waals surface area contributed by atoms with Crippen LogP contribution in [-0.4, -0.2) is 7.11 Å². The maximum absolute atomic E-state index is 5.58. The Morgan fingerprint density at radius 3 is 2.80 bits per heavy atom. The standard InChI is InChI=1S/C13H16O2/c1-3-10-6-4-5-7-11(10)12-8-9-13(14-2)15-12/h3,8-9H,1,4-7H2,2H3. The zero-order chi connectivity index (χ0) is 10.7. The summed E-state index contributed by atoms with van der Waals surface area (Å²) in [4.78, 5) is 0. The summed E-state index contributed by atoms with van der Waals surface area (Å²) in [5.41, 5.74) is 2.61. The van der Waals surface area contributed by atoms with Crippen molar-refractivity contribution in [1.82, 2.24) is 0 Å². The minimum atomic E-state index is 0.575. The number of hydrogen-bond donors (Lipinski definition) is 0. The maximum Gasteiger partial charge on any atom is 0.284 e. The molecule has 80 valence electrons. The first kappa shape index (κ1) is 10.1. The third-order valence-corrected chi connectivity index (χ3v) is 2.84. The third kappa shape index (κ3) is 1.99. The molecule has 1 aliphatic rings. The number of rotatable bonds is 3. The summed E-state index contributed by atoms with van der Waals surface area (Å²) in [6, 6.07) is 3.83. The van der Waals surface area contributed by atoms with Gasteiger partial charge in [0.25, 0.3) is 5.95 Å². The van der Waals surface area contributed by atoms with Gasteiger partial charge in [0.2, 0.25) is 0 Å². The number of allylic oxidation sites excluding steroid dienone is 3. The Morgan fingerprint density at radius 1 is 1.33 bits per heavy atom. The molecule has 0 fully saturated rings. The van der Waals surface area contributed by atoms with Crippen LogP contribution in [0.2, 0.25) is 0 Å². The van der Waals surface area contributed by atoms with Crippen molar-refractivity contribution in [1.29, 1.82) is 0 Å². The molecule has 2 rings (SSSR count). The van der Waals surface area contributed by atoms with Gasteiger partial charge in [0.15, 0.2) is 0 Å². The predicted molar refractivity (Wildman–Crippen MR) is 60.8 cm³/mol. The maximum atomic E-state index is 5.58. The van der Waals surface area contributed by atoms with E-state index in [0.717, 1.165) is 18.6 Å². The van der Waals surface area contributed by atoms with Crippen LogP contribution >= 0.6 is 0 Å². The van der Waals surface area contributed by atoms with Crippen LogP contribution in [0.1, 0.15) is 31.4 Å². The molecule has 1 aromatic rings. The highest BCUT2D eigenvalue weighted by atomic mass is 16.6. The zero-order valence-corrected chi connectivity index (χ0v) is 9.08. The molecule has 0 aromatic carbocycles. The molecule has 0 bridgehead atoms. The monoisotopic (exact) mass is 204 g/mol. The fraction of sp³-hybridized carbons (Fsp3) is 0.385. The summed E-state index contributed by atoms with van der Waals surface area (Å²) >= 11 is 0. The van der Waals surface area contributed by atoms with E-state index in [0.29, 0.717) is 5.95 Å². The highest BCUT2D eigenvalue weighted by molar-refractivity contribution is 5.68. The normalized spacial score (nSPS) is 16.6. The molecule has 15 heavy (non-hydrogen) atoms. The van der Waals surface area contributed by atoms with Crippen molar-refractivity contribution >= 4 is 5.57 Å². The topological polar surface area (TPSA) is 22.4 Å². The predicted octanol–water partition coefficient (Wildman–Crippen LogP) is 3.80. The number of furan rings is 1. The second kappa shape index (κ2) is 4.39. The Hall–Kier alpha value is -1.44. The Kier molecular flexibility index (Phi) is 2.95. The van der Waals surface area contributed by atoms with E-state index in [1.807, 2.05) is 18.2 Å². The van der Waals surface area contributed by atoms with Crippen molar-refractivity contribution < 1.29 is 9.15 Å². The lowest BCUT2D eigenvalue weighted by molar-refractivity contribution is 0.301. The van der Waals surface area contributed by atoms with E-state index >= 15 is 0 Å². The van der Waals surface area contributed by atoms with Crippen LogP contribution in [0.15, 0.2) is 34.8 Å². The van der Waals surface area contributed by atoms with Gasteiger partial charge < -0.3 is 9.15 Å². The lowest BCUT2D eigenvalue weighted by atomic mass is 9.90. The SMILES string of the molecule is C=CC1=C(c2ccc(OC)o2)CCCC1. The van der Waals surface area contributed by atoms with E-state index in [2.05, 4.69) is 6.58 Å². The molecule has 0 N–H and O–H groups in total. The molecular weight excluding hydrogens is 188 g/mol. The summed E-state index contributed by atoms with van der Waals surface area (Å²) < 4.78 is 10.6. The van der Waals surface area contributed by atoms with Gasteiger partial charge in [-0.2, -0.15) is 0 Å². The fourth-order valence-electron chi connectivity index (χ4n) is 2.03. The highest BCUT2D eigenvalue weighted by Gasteiger charge is 2.15. The Bertz CT molecular complexity index is 385. The molecule has 0 saturated heterocycles. The second-order valence-corrected chi connectivity index (χ2v) is 3.74. The van der Waals surface area contributed by atoms with Gasteiger partial charge in [0, 0.05) is 6.07 Å². The Morgan fingerprint density at radius 2 is 2.13 bits per heavy atom. The molecule has 0 spiro atoms. The summed E-state index contributed by atoms with van der Waals surface area (Å²) in [5, 5.41) is 0. The first-order valence-electron chi connectivity index (χ1n) is 5.34. The first-order chi connectivity index (χ1) is 7.35. The van der Waals surface area contributed by atoms with Crippen LogP contribution in [0.3, 0.4) is 0 Å². The fourth-order valence-corrected chi connectivity index (χ4v) is 2.03. The highest BCUT2D eigenvalue weighted by Crippen LogP contribution is 2.34. The zero-order valence-electron chi connectivity index (χ0n) is 9.08. The molecule has 0 saturated carbocycles. The molecule has 2 heteroatoms. The van der Waals surface area contributed by atoms with Crippen molar-refractivity contribution in [3.05, 3.63) is 36.1 Å². The van der Waals surface area contributed by atoms with Gasteiger partial charge in [-0.1, -0.05) is 12.7 Å². The summed E-state index contributed by atoms with van der Waals surface area (Å²) in [6.45, 7) is 3.86. The number of hydrogen-bond acceptors (Lipinski definition) is 2. The number of ether oxygens (including phenoxy) is 1. The summed E-state index contributed by atoms with van der Waals surface area (Å²) in [7, 11) is 1.62. The molecule has 0 radical (unpaired) electrons. The van der Waals surface area contributed by atoms with Gasteiger partial charge in [-0.15, -0.1) is 0 Å². The van der Waals surface area contributed by atoms with Crippen molar-refractivity contribution in [2.24, 2.45) is 0 Å². The summed E-state index contributed by atoms with van der Waals surface area (Å²) in [6.07, 6.45) is 6.63. The quantitative estimate of drug-likeness (QED) is 0.747. The third-order valence-electron chi connectivity index (χ3n) is 2.84. The minimum Gasteiger partial charge on any atom is -0.468 e. The van der Waals surface area contributed by atoms with Gasteiger partial charge in [-0.25, -0.2) is 0 Å². The molecule has 1 aromatic heterocycles. The molecule has 1 heterocycles. The summed E-state index contributed by atoms with van der Waals surface area (Å²) in [5.74, 6) is 1.51. The van der Waals surface area contributed by atoms with Gasteiger partial charge >= 0.3 is 0 Å². The average Bonchev–Trinajstić information content (AvgIpc) is 2.77. The van der Waals surface area contributed by atoms with Crippen LogP contribution in [0, 0.1) is 0 Å². The molecule has 2 nitrogen and oxygen atoms in total. The molecule has 0 atom stereocenters. The minimum absolute atomic E-state index is 0.575. The van der Waals surface area contributed by atoms with E-state index in [1.165, 1.54) is 24.0 Å². The van der Waals surface area contributed by atoms with E-state index in [1.54, 1.807) is 7.11 Å². The van der Waals surface area contributed by atoms with Gasteiger partial charge in [0.05, 0.1) is 7.11 Å². The molecule has 0 amide bonds. The Balaban J connectivity index is 2.34. The van der Waals surface area contributed by atoms with Crippen LogP contribution in [0.5, 0.6) is 5.95 Å². The smallest absolute Gasteiger partial charge is 0.284 e. The van der Waals surface area contributed by atoms with Crippen molar-refractivity contribution in [2.45, 2.75) is 25.7 Å². The van der Waals surface area contributed by atoms with Gasteiger partial charge in [0.1, 0.15) is 5.76 Å².